The molecular weight excluding hydrogens is 270 g/mol. The Morgan fingerprint density at radius 2 is 2.06 bits per heavy atom. The van der Waals surface area contributed by atoms with Crippen LogP contribution in [0.4, 0.5) is 0 Å². The number of alkyl halides is 1. The van der Waals surface area contributed by atoms with Gasteiger partial charge in [0.15, 0.2) is 5.79 Å². The van der Waals surface area contributed by atoms with Gasteiger partial charge in [-0.1, -0.05) is 29.8 Å². The van der Waals surface area contributed by atoms with Crippen LogP contribution in [0.2, 0.25) is 0 Å². The number of halogens is 1. The van der Waals surface area contributed by atoms with Gasteiger partial charge in [-0.2, -0.15) is 0 Å². The molecule has 1 unspecified atom stereocenters. The van der Waals surface area contributed by atoms with E-state index in [9.17, 15) is 0 Å². The van der Waals surface area contributed by atoms with E-state index >= 15 is 0 Å². The molecule has 0 amide bonds. The Kier molecular flexibility index (Phi) is 4.27. The average Bonchev–Trinajstić information content (AvgIpc) is 2.65. The summed E-state index contributed by atoms with van der Waals surface area (Å²) < 4.78 is 11.9. The second-order valence-electron chi connectivity index (χ2n) is 5.31. The van der Waals surface area contributed by atoms with Gasteiger partial charge in [0, 0.05) is 37.8 Å². The summed E-state index contributed by atoms with van der Waals surface area (Å²) in [5.41, 5.74) is 0. The van der Waals surface area contributed by atoms with Gasteiger partial charge in [0.1, 0.15) is 0 Å². The number of likely N-dealkylation sites (tertiary alicyclic amines) is 1. The highest BCUT2D eigenvalue weighted by Gasteiger charge is 2.43. The fourth-order valence-corrected chi connectivity index (χ4v) is 2.87. The van der Waals surface area contributed by atoms with Crippen molar-refractivity contribution in [1.29, 1.82) is 0 Å². The van der Waals surface area contributed by atoms with Crippen LogP contribution >= 0.6 is 15.9 Å². The van der Waals surface area contributed by atoms with Crippen molar-refractivity contribution < 1.29 is 9.47 Å². The Balaban J connectivity index is 1.81. The Hall–Kier alpha value is 0.360. The molecule has 0 aliphatic carbocycles. The molecule has 4 heteroatoms. The summed E-state index contributed by atoms with van der Waals surface area (Å²) in [6, 6.07) is 0. The van der Waals surface area contributed by atoms with E-state index in [1.54, 1.807) is 0 Å². The zero-order chi connectivity index (χ0) is 11.6. The van der Waals surface area contributed by atoms with Crippen LogP contribution in [0.15, 0.2) is 0 Å². The van der Waals surface area contributed by atoms with Crippen LogP contribution in [0.1, 0.15) is 26.7 Å². The smallest absolute Gasteiger partial charge is 0.171 e. The minimum atomic E-state index is -0.258. The lowest BCUT2D eigenvalue weighted by atomic mass is 10.0. The lowest BCUT2D eigenvalue weighted by molar-refractivity contribution is -0.193. The first-order chi connectivity index (χ1) is 7.63. The summed E-state index contributed by atoms with van der Waals surface area (Å²) >= 11 is 3.46. The van der Waals surface area contributed by atoms with E-state index < -0.39 is 0 Å². The SMILES string of the molecule is CC(C)CN1CCC2(CC1)OCC(CBr)O2. The van der Waals surface area contributed by atoms with Crippen molar-refractivity contribution in [3.63, 3.8) is 0 Å². The van der Waals surface area contributed by atoms with Crippen molar-refractivity contribution in [3.05, 3.63) is 0 Å². The average molecular weight is 292 g/mol. The molecule has 2 aliphatic rings. The monoisotopic (exact) mass is 291 g/mol. The fraction of sp³-hybridized carbons (Fsp3) is 1.00. The molecule has 1 atom stereocenters. The molecule has 0 bridgehead atoms. The molecule has 16 heavy (non-hydrogen) atoms. The first kappa shape index (κ1) is 12.8. The molecule has 94 valence electrons. The second-order valence-corrected chi connectivity index (χ2v) is 5.96. The Labute approximate surface area is 107 Å². The number of hydrogen-bond donors (Lipinski definition) is 0. The maximum atomic E-state index is 6.00. The predicted molar refractivity (Wildman–Crippen MR) is 67.9 cm³/mol. The zero-order valence-electron chi connectivity index (χ0n) is 10.2. The molecule has 2 aliphatic heterocycles. The lowest BCUT2D eigenvalue weighted by Gasteiger charge is -2.38. The summed E-state index contributed by atoms with van der Waals surface area (Å²) in [4.78, 5) is 2.52. The number of rotatable bonds is 3. The maximum Gasteiger partial charge on any atom is 0.171 e. The second kappa shape index (κ2) is 5.34. The summed E-state index contributed by atoms with van der Waals surface area (Å²) in [5.74, 6) is 0.487. The van der Waals surface area contributed by atoms with E-state index in [-0.39, 0.29) is 11.9 Å². The molecule has 0 radical (unpaired) electrons. The highest BCUT2D eigenvalue weighted by atomic mass is 79.9. The molecule has 2 rings (SSSR count). The first-order valence-electron chi connectivity index (χ1n) is 6.24. The third kappa shape index (κ3) is 2.97. The highest BCUT2D eigenvalue weighted by Crippen LogP contribution is 2.34. The molecule has 0 aromatic heterocycles. The van der Waals surface area contributed by atoms with Gasteiger partial charge in [-0.25, -0.2) is 0 Å². The minimum absolute atomic E-state index is 0.247. The molecule has 0 aromatic rings. The van der Waals surface area contributed by atoms with E-state index in [2.05, 4.69) is 34.7 Å². The number of nitrogens with zero attached hydrogens (tertiary/aromatic N) is 1. The molecular formula is C12H22BrNO2. The standard InChI is InChI=1S/C12H22BrNO2/c1-10(2)8-14-5-3-12(4-6-14)15-9-11(7-13)16-12/h10-11H,3-9H2,1-2H3. The van der Waals surface area contributed by atoms with Gasteiger partial charge in [0.05, 0.1) is 12.7 Å². The molecule has 0 N–H and O–H groups in total. The van der Waals surface area contributed by atoms with Crippen molar-refractivity contribution in [2.24, 2.45) is 5.92 Å². The highest BCUT2D eigenvalue weighted by molar-refractivity contribution is 9.09. The summed E-state index contributed by atoms with van der Waals surface area (Å²) in [6.07, 6.45) is 2.28. The topological polar surface area (TPSA) is 21.7 Å². The van der Waals surface area contributed by atoms with Crippen molar-refractivity contribution in [3.8, 4) is 0 Å². The molecule has 1 spiro atoms. The van der Waals surface area contributed by atoms with Gasteiger partial charge >= 0.3 is 0 Å². The summed E-state index contributed by atoms with van der Waals surface area (Å²) in [5, 5.41) is 0.879. The maximum absolute atomic E-state index is 6.00. The van der Waals surface area contributed by atoms with E-state index in [4.69, 9.17) is 9.47 Å². The van der Waals surface area contributed by atoms with Gasteiger partial charge in [0.2, 0.25) is 0 Å². The van der Waals surface area contributed by atoms with Gasteiger partial charge in [0.25, 0.3) is 0 Å². The van der Waals surface area contributed by atoms with Crippen molar-refractivity contribution in [2.45, 2.75) is 38.6 Å². The van der Waals surface area contributed by atoms with Crippen LogP contribution in [-0.4, -0.2) is 48.4 Å². The normalized spacial score (nSPS) is 30.4. The molecule has 3 nitrogen and oxygen atoms in total. The van der Waals surface area contributed by atoms with Crippen molar-refractivity contribution in [1.82, 2.24) is 4.90 Å². The molecule has 2 heterocycles. The Morgan fingerprint density at radius 1 is 1.38 bits per heavy atom. The van der Waals surface area contributed by atoms with E-state index in [0.29, 0.717) is 0 Å². The summed E-state index contributed by atoms with van der Waals surface area (Å²) in [6.45, 7) is 8.69. The van der Waals surface area contributed by atoms with Crippen LogP contribution in [0.3, 0.4) is 0 Å². The fourth-order valence-electron chi connectivity index (χ4n) is 2.55. The Morgan fingerprint density at radius 3 is 2.56 bits per heavy atom. The molecule has 2 saturated heterocycles. The van der Waals surface area contributed by atoms with Gasteiger partial charge in [-0.3, -0.25) is 0 Å². The van der Waals surface area contributed by atoms with Crippen molar-refractivity contribution >= 4 is 15.9 Å². The van der Waals surface area contributed by atoms with E-state index in [1.807, 2.05) is 0 Å². The number of ether oxygens (including phenoxy) is 2. The van der Waals surface area contributed by atoms with E-state index in [0.717, 1.165) is 43.8 Å². The van der Waals surface area contributed by atoms with Crippen molar-refractivity contribution in [2.75, 3.05) is 31.6 Å². The minimum Gasteiger partial charge on any atom is -0.347 e. The predicted octanol–water partition coefficient (Wildman–Crippen LogP) is 2.24. The van der Waals surface area contributed by atoms with Gasteiger partial charge < -0.3 is 14.4 Å². The largest absolute Gasteiger partial charge is 0.347 e. The Bertz CT molecular complexity index is 227. The van der Waals surface area contributed by atoms with Gasteiger partial charge in [-0.15, -0.1) is 0 Å². The van der Waals surface area contributed by atoms with Crippen LogP contribution in [0.5, 0.6) is 0 Å². The quantitative estimate of drug-likeness (QED) is 0.745. The van der Waals surface area contributed by atoms with Crippen LogP contribution in [0, 0.1) is 5.92 Å². The van der Waals surface area contributed by atoms with Crippen LogP contribution in [0.25, 0.3) is 0 Å². The van der Waals surface area contributed by atoms with E-state index in [1.165, 1.54) is 6.54 Å². The molecule has 0 aromatic carbocycles. The third-order valence-electron chi connectivity index (χ3n) is 3.33. The molecule has 2 fully saturated rings. The zero-order valence-corrected chi connectivity index (χ0v) is 11.8. The number of piperidine rings is 1. The molecule has 0 saturated carbocycles. The van der Waals surface area contributed by atoms with Crippen LogP contribution in [-0.2, 0) is 9.47 Å². The van der Waals surface area contributed by atoms with Crippen LogP contribution < -0.4 is 0 Å². The number of hydrogen-bond acceptors (Lipinski definition) is 3. The van der Waals surface area contributed by atoms with Gasteiger partial charge in [-0.05, 0) is 5.92 Å². The third-order valence-corrected chi connectivity index (χ3v) is 4.05. The first-order valence-corrected chi connectivity index (χ1v) is 7.36. The summed E-state index contributed by atoms with van der Waals surface area (Å²) in [7, 11) is 0. The lowest BCUT2D eigenvalue weighted by Crippen LogP contribution is -2.46.